The average Bonchev–Trinajstić information content (AvgIpc) is 2.09. The SMILES string of the molecule is CC[C-](C)C.[CH2-]C(O)CCF.[O]=[Co]. The van der Waals surface area contributed by atoms with Crippen molar-refractivity contribution in [2.75, 3.05) is 6.67 Å². The Kier molecular flexibility index (Phi) is 26.3. The second-order valence-corrected chi connectivity index (χ2v) is 2.69. The summed E-state index contributed by atoms with van der Waals surface area (Å²) in [6.07, 6.45) is 0.648. The summed E-state index contributed by atoms with van der Waals surface area (Å²) in [5.41, 5.74) is 0. The van der Waals surface area contributed by atoms with Crippen molar-refractivity contribution in [2.24, 2.45) is 0 Å². The normalized spacial score (nSPS) is 10.8. The zero-order valence-corrected chi connectivity index (χ0v) is 9.51. The van der Waals surface area contributed by atoms with Gasteiger partial charge in [0.05, 0.1) is 6.67 Å². The average molecular weight is 237 g/mol. The Morgan fingerprint density at radius 3 is 1.85 bits per heavy atom. The minimum atomic E-state index is -0.727. The Hall–Kier alpha value is 0.196. The quantitative estimate of drug-likeness (QED) is 0.765. The molecule has 0 aliphatic heterocycles. The van der Waals surface area contributed by atoms with Gasteiger partial charge in [-0.3, -0.25) is 4.39 Å². The van der Waals surface area contributed by atoms with Gasteiger partial charge < -0.3 is 17.9 Å². The van der Waals surface area contributed by atoms with E-state index in [2.05, 4.69) is 43.4 Å². The van der Waals surface area contributed by atoms with Crippen LogP contribution in [0, 0.1) is 12.8 Å². The second kappa shape index (κ2) is 18.1. The number of rotatable bonds is 3. The molecule has 0 aromatic heterocycles. The van der Waals surface area contributed by atoms with Crippen molar-refractivity contribution < 1.29 is 29.0 Å². The summed E-state index contributed by atoms with van der Waals surface area (Å²) in [7, 11) is 0. The Balaban J connectivity index is -0.000000131. The molecule has 2 nitrogen and oxygen atoms in total. The van der Waals surface area contributed by atoms with Gasteiger partial charge in [0.25, 0.3) is 0 Å². The summed E-state index contributed by atoms with van der Waals surface area (Å²) < 4.78 is 19.0. The van der Waals surface area contributed by atoms with Crippen LogP contribution in [0.4, 0.5) is 4.39 Å². The number of alkyl halides is 1. The van der Waals surface area contributed by atoms with Crippen molar-refractivity contribution in [1.82, 2.24) is 0 Å². The molecule has 0 fully saturated rings. The summed E-state index contributed by atoms with van der Waals surface area (Å²) in [6, 6.07) is 0. The molecule has 0 aromatic carbocycles. The molecule has 0 bridgehead atoms. The Morgan fingerprint density at radius 1 is 1.54 bits per heavy atom. The molecule has 0 aromatic rings. The van der Waals surface area contributed by atoms with Gasteiger partial charge in [0.1, 0.15) is 0 Å². The van der Waals surface area contributed by atoms with Gasteiger partial charge in [0.2, 0.25) is 0 Å². The molecule has 0 aliphatic rings. The third kappa shape index (κ3) is 47.0. The predicted molar refractivity (Wildman–Crippen MR) is 47.5 cm³/mol. The van der Waals surface area contributed by atoms with Gasteiger partial charge in [-0.2, -0.15) is 20.3 Å². The standard InChI is InChI=1S/C5H11.C4H8FO.Co.O/c1-4-5(2)3;1-4(6)2-3-5;;/h4H2,1-3H3;4,6H,1-3H2;;/q2*-1;;. The summed E-state index contributed by atoms with van der Waals surface area (Å²) in [4.78, 5) is 0. The second-order valence-electron chi connectivity index (χ2n) is 2.69. The van der Waals surface area contributed by atoms with Crippen molar-refractivity contribution in [3.63, 3.8) is 0 Å². The van der Waals surface area contributed by atoms with Crippen LogP contribution in [0.2, 0.25) is 0 Å². The molecular formula is C9H19CoFO2-2. The van der Waals surface area contributed by atoms with Crippen LogP contribution in [-0.2, 0) is 19.5 Å². The molecule has 4 heteroatoms. The molecule has 1 atom stereocenters. The van der Waals surface area contributed by atoms with Crippen LogP contribution in [0.15, 0.2) is 0 Å². The molecule has 0 rings (SSSR count). The first-order valence-corrected chi connectivity index (χ1v) is 4.46. The number of hydrogen-bond acceptors (Lipinski definition) is 2. The molecule has 13 heavy (non-hydrogen) atoms. The summed E-state index contributed by atoms with van der Waals surface area (Å²) in [6.45, 7) is 9.10. The minimum absolute atomic E-state index is 0.153. The van der Waals surface area contributed by atoms with Gasteiger partial charge in [-0.25, -0.2) is 0 Å². The van der Waals surface area contributed by atoms with Gasteiger partial charge in [-0.05, 0) is 6.42 Å². The molecule has 0 amide bonds. The molecule has 1 unspecified atom stereocenters. The Morgan fingerprint density at radius 2 is 1.85 bits per heavy atom. The van der Waals surface area contributed by atoms with Gasteiger partial charge in [-0.15, -0.1) is 0 Å². The van der Waals surface area contributed by atoms with E-state index < -0.39 is 12.8 Å². The first-order chi connectivity index (χ1) is 6.04. The number of hydrogen-bond donors (Lipinski definition) is 1. The molecule has 0 spiro atoms. The van der Waals surface area contributed by atoms with E-state index in [0.29, 0.717) is 0 Å². The first-order valence-electron chi connectivity index (χ1n) is 4.04. The van der Waals surface area contributed by atoms with Crippen LogP contribution >= 0.6 is 0 Å². The predicted octanol–water partition coefficient (Wildman–Crippen LogP) is 2.43. The van der Waals surface area contributed by atoms with E-state index in [9.17, 15) is 4.39 Å². The van der Waals surface area contributed by atoms with Crippen LogP contribution in [0.3, 0.4) is 0 Å². The van der Waals surface area contributed by atoms with Crippen molar-refractivity contribution in [2.45, 2.75) is 39.7 Å². The molecule has 85 valence electrons. The van der Waals surface area contributed by atoms with E-state index in [-0.39, 0.29) is 6.42 Å². The number of aliphatic hydroxyl groups is 1. The number of halogens is 1. The van der Waals surface area contributed by atoms with Crippen molar-refractivity contribution in [3.05, 3.63) is 12.8 Å². The molecule has 0 saturated heterocycles. The van der Waals surface area contributed by atoms with E-state index >= 15 is 0 Å². The topological polar surface area (TPSA) is 37.3 Å². The maximum absolute atomic E-state index is 11.0. The maximum atomic E-state index is 11.0. The summed E-state index contributed by atoms with van der Waals surface area (Å²) in [5, 5.41) is 8.20. The first kappa shape index (κ1) is 18.9. The van der Waals surface area contributed by atoms with Crippen LogP contribution in [-0.4, -0.2) is 17.9 Å². The molecule has 0 saturated carbocycles. The molecular weight excluding hydrogens is 218 g/mol. The zero-order chi connectivity index (χ0) is 11.3. The molecule has 0 aliphatic carbocycles. The van der Waals surface area contributed by atoms with Gasteiger partial charge in [0, 0.05) is 0 Å². The fraction of sp³-hybridized carbons (Fsp3) is 0.778. The molecule has 0 heterocycles. The van der Waals surface area contributed by atoms with E-state index in [1.54, 1.807) is 0 Å². The summed E-state index contributed by atoms with van der Waals surface area (Å²) in [5.74, 6) is 1.50. The third-order valence-corrected chi connectivity index (χ3v) is 1.15. The molecule has 0 radical (unpaired) electrons. The van der Waals surface area contributed by atoms with Crippen LogP contribution in [0.25, 0.3) is 0 Å². The van der Waals surface area contributed by atoms with Crippen LogP contribution in [0.5, 0.6) is 0 Å². The van der Waals surface area contributed by atoms with E-state index in [4.69, 9.17) is 8.97 Å². The van der Waals surface area contributed by atoms with E-state index in [0.717, 1.165) is 0 Å². The van der Waals surface area contributed by atoms with Gasteiger partial charge in [-0.1, -0.05) is 13.0 Å². The fourth-order valence-corrected chi connectivity index (χ4v) is 0.126. The zero-order valence-electron chi connectivity index (χ0n) is 8.47. The van der Waals surface area contributed by atoms with Crippen LogP contribution < -0.4 is 0 Å². The fourth-order valence-electron chi connectivity index (χ4n) is 0.126. The van der Waals surface area contributed by atoms with E-state index in [1.807, 2.05) is 0 Å². The van der Waals surface area contributed by atoms with Crippen molar-refractivity contribution >= 4 is 0 Å². The van der Waals surface area contributed by atoms with Crippen molar-refractivity contribution in [3.8, 4) is 0 Å². The van der Waals surface area contributed by atoms with Crippen molar-refractivity contribution in [1.29, 1.82) is 0 Å². The number of aliphatic hydroxyl groups excluding tert-OH is 1. The Bertz CT molecular complexity index is 80.0. The summed E-state index contributed by atoms with van der Waals surface area (Å²) >= 11 is 2.31. The van der Waals surface area contributed by atoms with Crippen LogP contribution in [0.1, 0.15) is 33.6 Å². The van der Waals surface area contributed by atoms with E-state index in [1.165, 1.54) is 12.3 Å². The Labute approximate surface area is 88.7 Å². The van der Waals surface area contributed by atoms with Gasteiger partial charge >= 0.3 is 19.5 Å². The monoisotopic (exact) mass is 237 g/mol. The molecule has 1 N–H and O–H groups in total. The van der Waals surface area contributed by atoms with Gasteiger partial charge in [0.15, 0.2) is 0 Å². The third-order valence-electron chi connectivity index (χ3n) is 1.15.